The second-order valence-electron chi connectivity index (χ2n) is 7.41. The van der Waals surface area contributed by atoms with Gasteiger partial charge in [0.05, 0.1) is 5.69 Å². The van der Waals surface area contributed by atoms with Gasteiger partial charge in [-0.15, -0.1) is 0 Å². The Morgan fingerprint density at radius 3 is 2.60 bits per heavy atom. The summed E-state index contributed by atoms with van der Waals surface area (Å²) in [5.74, 6) is -0.220. The van der Waals surface area contributed by atoms with Crippen LogP contribution in [0.3, 0.4) is 0 Å². The average Bonchev–Trinajstić information content (AvgIpc) is 2.68. The molecule has 2 aromatic carbocycles. The number of piperazine rings is 1. The molecule has 1 N–H and O–H groups in total. The fourth-order valence-corrected chi connectivity index (χ4v) is 3.71. The number of rotatable bonds is 6. The molecule has 1 aliphatic rings. The zero-order valence-corrected chi connectivity index (χ0v) is 17.8. The first-order valence-electron chi connectivity index (χ1n) is 9.78. The van der Waals surface area contributed by atoms with Crippen molar-refractivity contribution in [1.82, 2.24) is 9.80 Å². The van der Waals surface area contributed by atoms with E-state index in [1.165, 1.54) is 19.1 Å². The van der Waals surface area contributed by atoms with Crippen molar-refractivity contribution in [1.29, 1.82) is 0 Å². The van der Waals surface area contributed by atoms with Crippen LogP contribution in [0.4, 0.5) is 10.1 Å². The summed E-state index contributed by atoms with van der Waals surface area (Å²) in [6.45, 7) is 6.02. The van der Waals surface area contributed by atoms with Gasteiger partial charge in [0.25, 0.3) is 5.91 Å². The smallest absolute Gasteiger partial charge is 0.260 e. The number of hydrogen-bond donors (Lipinski definition) is 1. The number of ether oxygens (including phenoxy) is 1. The largest absolute Gasteiger partial charge is 0.482 e. The third-order valence-electron chi connectivity index (χ3n) is 4.95. The molecule has 1 aliphatic heterocycles. The average molecular weight is 434 g/mol. The molecule has 1 atom stereocenters. The Hall–Kier alpha value is -2.64. The van der Waals surface area contributed by atoms with Gasteiger partial charge in [-0.25, -0.2) is 4.39 Å². The van der Waals surface area contributed by atoms with Gasteiger partial charge in [-0.2, -0.15) is 0 Å². The first kappa shape index (κ1) is 22.1. The van der Waals surface area contributed by atoms with Crippen LogP contribution in [-0.4, -0.2) is 53.9 Å². The van der Waals surface area contributed by atoms with Crippen molar-refractivity contribution in [3.8, 4) is 5.75 Å². The van der Waals surface area contributed by atoms with Crippen LogP contribution in [0.25, 0.3) is 0 Å². The predicted octanol–water partition coefficient (Wildman–Crippen LogP) is 3.55. The summed E-state index contributed by atoms with van der Waals surface area (Å²) < 4.78 is 18.7. The maximum absolute atomic E-state index is 13.1. The number of anilines is 1. The molecular weight excluding hydrogens is 409 g/mol. The van der Waals surface area contributed by atoms with Gasteiger partial charge >= 0.3 is 0 Å². The topological polar surface area (TPSA) is 61.9 Å². The highest BCUT2D eigenvalue weighted by molar-refractivity contribution is 6.31. The third kappa shape index (κ3) is 5.93. The fraction of sp³-hybridized carbons (Fsp3) is 0.364. The van der Waals surface area contributed by atoms with Gasteiger partial charge in [-0.1, -0.05) is 23.7 Å². The molecule has 1 saturated heterocycles. The minimum atomic E-state index is -0.251. The van der Waals surface area contributed by atoms with Crippen molar-refractivity contribution < 1.29 is 18.7 Å². The number of hydrogen-bond acceptors (Lipinski definition) is 4. The number of amides is 2. The molecule has 160 valence electrons. The van der Waals surface area contributed by atoms with E-state index in [4.69, 9.17) is 16.3 Å². The SMILES string of the molecule is CC(=O)Nc1cc(Cl)ccc1OCC(=O)N1CCN(Cc2ccc(F)cc2)CC1C. The van der Waals surface area contributed by atoms with Crippen molar-refractivity contribution in [3.05, 3.63) is 58.9 Å². The Labute approximate surface area is 180 Å². The van der Waals surface area contributed by atoms with Crippen molar-refractivity contribution >= 4 is 29.1 Å². The van der Waals surface area contributed by atoms with Gasteiger partial charge in [0.2, 0.25) is 5.91 Å². The Bertz CT molecular complexity index is 907. The zero-order chi connectivity index (χ0) is 21.7. The number of halogens is 2. The fourth-order valence-electron chi connectivity index (χ4n) is 3.53. The van der Waals surface area contributed by atoms with E-state index in [9.17, 15) is 14.0 Å². The van der Waals surface area contributed by atoms with Crippen LogP contribution in [0.15, 0.2) is 42.5 Å². The van der Waals surface area contributed by atoms with Gasteiger partial charge in [0.15, 0.2) is 6.61 Å². The molecular formula is C22H25ClFN3O3. The third-order valence-corrected chi connectivity index (χ3v) is 5.19. The number of carbonyl (C=O) groups is 2. The summed E-state index contributed by atoms with van der Waals surface area (Å²) in [6.07, 6.45) is 0. The van der Waals surface area contributed by atoms with Gasteiger partial charge in [0, 0.05) is 44.2 Å². The zero-order valence-electron chi connectivity index (χ0n) is 17.0. The lowest BCUT2D eigenvalue weighted by Crippen LogP contribution is -2.54. The Balaban J connectivity index is 1.54. The molecule has 3 rings (SSSR count). The molecule has 0 aromatic heterocycles. The molecule has 30 heavy (non-hydrogen) atoms. The van der Waals surface area contributed by atoms with E-state index in [0.29, 0.717) is 29.5 Å². The number of benzene rings is 2. The summed E-state index contributed by atoms with van der Waals surface area (Å²) in [7, 11) is 0. The highest BCUT2D eigenvalue weighted by Gasteiger charge is 2.27. The van der Waals surface area contributed by atoms with Gasteiger partial charge in [0.1, 0.15) is 11.6 Å². The van der Waals surface area contributed by atoms with E-state index in [1.54, 1.807) is 35.2 Å². The first-order valence-corrected chi connectivity index (χ1v) is 10.2. The van der Waals surface area contributed by atoms with E-state index in [1.807, 2.05) is 6.92 Å². The highest BCUT2D eigenvalue weighted by atomic mass is 35.5. The summed E-state index contributed by atoms with van der Waals surface area (Å²) in [5, 5.41) is 3.12. The highest BCUT2D eigenvalue weighted by Crippen LogP contribution is 2.28. The maximum Gasteiger partial charge on any atom is 0.260 e. The van der Waals surface area contributed by atoms with Gasteiger partial charge in [-0.05, 0) is 42.8 Å². The summed E-state index contributed by atoms with van der Waals surface area (Å²) in [5.41, 5.74) is 1.47. The molecule has 6 nitrogen and oxygen atoms in total. The number of nitrogens with zero attached hydrogens (tertiary/aromatic N) is 2. The quantitative estimate of drug-likeness (QED) is 0.756. The Morgan fingerprint density at radius 2 is 1.93 bits per heavy atom. The second kappa shape index (κ2) is 9.91. The van der Waals surface area contributed by atoms with Crippen LogP contribution in [-0.2, 0) is 16.1 Å². The number of nitrogens with one attached hydrogen (secondary N) is 1. The molecule has 0 bridgehead atoms. The van der Waals surface area contributed by atoms with Crippen LogP contribution in [0, 0.1) is 5.82 Å². The molecule has 2 amide bonds. The van der Waals surface area contributed by atoms with Crippen LogP contribution < -0.4 is 10.1 Å². The van der Waals surface area contributed by atoms with Gasteiger partial charge in [-0.3, -0.25) is 14.5 Å². The summed E-state index contributed by atoms with van der Waals surface area (Å²) >= 11 is 5.98. The monoisotopic (exact) mass is 433 g/mol. The molecule has 1 heterocycles. The molecule has 0 saturated carbocycles. The lowest BCUT2D eigenvalue weighted by molar-refractivity contribution is -0.138. The summed E-state index contributed by atoms with van der Waals surface area (Å²) in [4.78, 5) is 28.1. The van der Waals surface area contributed by atoms with Crippen molar-refractivity contribution in [2.75, 3.05) is 31.6 Å². The molecule has 1 fully saturated rings. The molecule has 2 aromatic rings. The van der Waals surface area contributed by atoms with Gasteiger partial charge < -0.3 is 15.0 Å². The Kier molecular flexibility index (Phi) is 7.29. The lowest BCUT2D eigenvalue weighted by atomic mass is 10.1. The van der Waals surface area contributed by atoms with E-state index in [-0.39, 0.29) is 30.3 Å². The predicted molar refractivity (Wildman–Crippen MR) is 114 cm³/mol. The van der Waals surface area contributed by atoms with Crippen molar-refractivity contribution in [2.45, 2.75) is 26.4 Å². The Morgan fingerprint density at radius 1 is 1.20 bits per heavy atom. The number of carbonyl (C=O) groups excluding carboxylic acids is 2. The molecule has 0 spiro atoms. The van der Waals surface area contributed by atoms with E-state index in [0.717, 1.165) is 18.7 Å². The normalized spacial score (nSPS) is 16.9. The van der Waals surface area contributed by atoms with E-state index >= 15 is 0 Å². The van der Waals surface area contributed by atoms with Crippen LogP contribution in [0.1, 0.15) is 19.4 Å². The van der Waals surface area contributed by atoms with E-state index < -0.39 is 0 Å². The molecule has 1 unspecified atom stereocenters. The maximum atomic E-state index is 13.1. The standard InChI is InChI=1S/C22H25ClFN3O3/c1-15-12-26(13-17-3-6-19(24)7-4-17)9-10-27(15)22(29)14-30-21-8-5-18(23)11-20(21)25-16(2)28/h3-8,11,15H,9-10,12-14H2,1-2H3,(H,25,28). The molecule has 0 aliphatic carbocycles. The van der Waals surface area contributed by atoms with E-state index in [2.05, 4.69) is 10.2 Å². The molecule has 8 heteroatoms. The van der Waals surface area contributed by atoms with Crippen LogP contribution in [0.5, 0.6) is 5.75 Å². The van der Waals surface area contributed by atoms with Crippen LogP contribution in [0.2, 0.25) is 5.02 Å². The van der Waals surface area contributed by atoms with Crippen molar-refractivity contribution in [3.63, 3.8) is 0 Å². The molecule has 0 radical (unpaired) electrons. The van der Waals surface area contributed by atoms with Crippen LogP contribution >= 0.6 is 11.6 Å². The van der Waals surface area contributed by atoms with Crippen molar-refractivity contribution in [2.24, 2.45) is 0 Å². The minimum absolute atomic E-state index is 0.0235. The lowest BCUT2D eigenvalue weighted by Gasteiger charge is -2.39. The first-order chi connectivity index (χ1) is 14.3. The second-order valence-corrected chi connectivity index (χ2v) is 7.84. The minimum Gasteiger partial charge on any atom is -0.482 e. The summed E-state index contributed by atoms with van der Waals surface area (Å²) in [6, 6.07) is 11.4.